The van der Waals surface area contributed by atoms with Gasteiger partial charge in [0.05, 0.1) is 17.2 Å². The van der Waals surface area contributed by atoms with Gasteiger partial charge in [0, 0.05) is 37.6 Å². The molecule has 0 aliphatic carbocycles. The Morgan fingerprint density at radius 3 is 2.62 bits per heavy atom. The summed E-state index contributed by atoms with van der Waals surface area (Å²) in [5, 5.41) is 13.3. The van der Waals surface area contributed by atoms with Crippen LogP contribution < -0.4 is 10.5 Å². The van der Waals surface area contributed by atoms with E-state index in [1.807, 2.05) is 0 Å². The second kappa shape index (κ2) is 6.78. The first-order valence-corrected chi connectivity index (χ1v) is 7.83. The lowest BCUT2D eigenvalue weighted by molar-refractivity contribution is 0.431. The van der Waals surface area contributed by atoms with E-state index in [2.05, 4.69) is 37.1 Å². The summed E-state index contributed by atoms with van der Waals surface area (Å²) in [5.74, 6) is 1.50. The molecule has 8 heteroatoms. The molecule has 0 atom stereocenters. The van der Waals surface area contributed by atoms with E-state index in [-0.39, 0.29) is 0 Å². The van der Waals surface area contributed by atoms with Crippen LogP contribution in [0, 0.1) is 11.3 Å². The first-order valence-electron chi connectivity index (χ1n) is 7.03. The number of rotatable bonds is 4. The Bertz CT molecular complexity index is 913. The van der Waals surface area contributed by atoms with Gasteiger partial charge in [0.2, 0.25) is 5.88 Å². The van der Waals surface area contributed by atoms with Crippen LogP contribution >= 0.6 is 15.9 Å². The Kier molecular flexibility index (Phi) is 4.55. The summed E-state index contributed by atoms with van der Waals surface area (Å²) in [4.78, 5) is 8.64. The quantitative estimate of drug-likeness (QED) is 0.741. The molecule has 0 radical (unpaired) electrons. The molecule has 120 valence electrons. The summed E-state index contributed by atoms with van der Waals surface area (Å²) in [6, 6.07) is 8.94. The van der Waals surface area contributed by atoms with Crippen LogP contribution in [0.5, 0.6) is 11.6 Å². The maximum atomic E-state index is 9.14. The maximum Gasteiger partial charge on any atom is 0.218 e. The fourth-order valence-corrected chi connectivity index (χ4v) is 2.52. The van der Waals surface area contributed by atoms with Crippen molar-refractivity contribution in [3.63, 3.8) is 0 Å². The number of aryl methyl sites for hydroxylation is 1. The molecule has 0 aliphatic rings. The number of nitriles is 1. The number of halogens is 1. The van der Waals surface area contributed by atoms with E-state index in [0.717, 1.165) is 5.56 Å². The molecule has 2 N–H and O–H groups in total. The Morgan fingerprint density at radius 1 is 1.29 bits per heavy atom. The predicted octanol–water partition coefficient (Wildman–Crippen LogP) is 2.76. The molecule has 3 aromatic rings. The average molecular weight is 385 g/mol. The molecule has 0 aliphatic heterocycles. The van der Waals surface area contributed by atoms with Crippen molar-refractivity contribution >= 4 is 15.9 Å². The highest BCUT2D eigenvalue weighted by Crippen LogP contribution is 2.33. The summed E-state index contributed by atoms with van der Waals surface area (Å²) in [6.07, 6.45) is 3.34. The van der Waals surface area contributed by atoms with E-state index < -0.39 is 0 Å². The molecule has 0 fully saturated rings. The number of hydrogen-bond acceptors (Lipinski definition) is 6. The molecule has 0 unspecified atom stereocenters. The van der Waals surface area contributed by atoms with Gasteiger partial charge in [-0.15, -0.1) is 0 Å². The highest BCUT2D eigenvalue weighted by Gasteiger charge is 2.14. The maximum absolute atomic E-state index is 9.14. The molecular formula is C16H13BrN6O. The van der Waals surface area contributed by atoms with E-state index in [1.165, 1.54) is 0 Å². The third-order valence-corrected chi connectivity index (χ3v) is 3.70. The number of hydrogen-bond donors (Lipinski definition) is 1. The normalized spacial score (nSPS) is 10.4. The van der Waals surface area contributed by atoms with Crippen LogP contribution in [0.1, 0.15) is 11.1 Å². The van der Waals surface area contributed by atoms with Crippen LogP contribution in [0.2, 0.25) is 0 Å². The van der Waals surface area contributed by atoms with Crippen molar-refractivity contribution in [3.05, 3.63) is 52.4 Å². The van der Waals surface area contributed by atoms with E-state index >= 15 is 0 Å². The molecule has 1 aromatic carbocycles. The molecule has 0 saturated heterocycles. The summed E-state index contributed by atoms with van der Waals surface area (Å²) in [6.45, 7) is 0.375. The molecule has 0 bridgehead atoms. The van der Waals surface area contributed by atoms with Gasteiger partial charge in [0.15, 0.2) is 5.82 Å². The van der Waals surface area contributed by atoms with Crippen molar-refractivity contribution in [2.24, 2.45) is 12.8 Å². The zero-order valence-electron chi connectivity index (χ0n) is 12.8. The van der Waals surface area contributed by atoms with E-state index in [1.54, 1.807) is 48.4 Å². The topological polar surface area (TPSA) is 103 Å². The van der Waals surface area contributed by atoms with Crippen molar-refractivity contribution in [1.29, 1.82) is 5.26 Å². The lowest BCUT2D eigenvalue weighted by Crippen LogP contribution is -2.01. The molecule has 24 heavy (non-hydrogen) atoms. The van der Waals surface area contributed by atoms with E-state index in [9.17, 15) is 0 Å². The summed E-state index contributed by atoms with van der Waals surface area (Å²) >= 11 is 3.30. The predicted molar refractivity (Wildman–Crippen MR) is 91.1 cm³/mol. The fourth-order valence-electron chi connectivity index (χ4n) is 2.09. The first kappa shape index (κ1) is 16.1. The lowest BCUT2D eigenvalue weighted by Gasteiger charge is -2.11. The molecule has 2 aromatic heterocycles. The molecule has 2 heterocycles. The van der Waals surface area contributed by atoms with Crippen molar-refractivity contribution in [2.45, 2.75) is 6.54 Å². The number of nitrogens with two attached hydrogens (primary N) is 1. The molecule has 0 amide bonds. The van der Waals surface area contributed by atoms with Crippen molar-refractivity contribution < 1.29 is 4.74 Å². The number of benzene rings is 1. The third kappa shape index (κ3) is 3.27. The van der Waals surface area contributed by atoms with Crippen LogP contribution in [-0.4, -0.2) is 19.7 Å². The van der Waals surface area contributed by atoms with Gasteiger partial charge in [0.25, 0.3) is 0 Å². The smallest absolute Gasteiger partial charge is 0.218 e. The second-order valence-corrected chi connectivity index (χ2v) is 5.79. The summed E-state index contributed by atoms with van der Waals surface area (Å²) in [7, 11) is 1.76. The molecule has 7 nitrogen and oxygen atoms in total. The Labute approximate surface area is 146 Å². The summed E-state index contributed by atoms with van der Waals surface area (Å²) in [5.41, 5.74) is 7.57. The van der Waals surface area contributed by atoms with Gasteiger partial charge in [-0.1, -0.05) is 0 Å². The number of ether oxygens (including phenoxy) is 1. The van der Waals surface area contributed by atoms with Crippen LogP contribution in [0.15, 0.2) is 41.3 Å². The van der Waals surface area contributed by atoms with Crippen molar-refractivity contribution in [1.82, 2.24) is 19.7 Å². The second-order valence-electron chi connectivity index (χ2n) is 4.97. The van der Waals surface area contributed by atoms with Crippen LogP contribution in [0.3, 0.4) is 0 Å². The zero-order chi connectivity index (χ0) is 17.1. The van der Waals surface area contributed by atoms with Gasteiger partial charge >= 0.3 is 0 Å². The van der Waals surface area contributed by atoms with Gasteiger partial charge in [0.1, 0.15) is 10.4 Å². The third-order valence-electron chi connectivity index (χ3n) is 3.31. The molecular weight excluding hydrogens is 372 g/mol. The molecule has 3 rings (SSSR count). The van der Waals surface area contributed by atoms with Crippen LogP contribution in [0.25, 0.3) is 11.4 Å². The highest BCUT2D eigenvalue weighted by atomic mass is 79.9. The minimum atomic E-state index is 0.375. The van der Waals surface area contributed by atoms with Gasteiger partial charge < -0.3 is 10.5 Å². The Morgan fingerprint density at radius 2 is 2.04 bits per heavy atom. The highest BCUT2D eigenvalue weighted by molar-refractivity contribution is 9.10. The van der Waals surface area contributed by atoms with E-state index in [4.69, 9.17) is 15.7 Å². The standard InChI is InChI=1S/C16H13BrN6O/c1-23-15(5-14(17)22-23)24-13-4-10(6-18)2-3-12(13)16-20-8-11(7-19)9-21-16/h2-5,8-9H,7,19H2,1H3. The largest absolute Gasteiger partial charge is 0.438 e. The lowest BCUT2D eigenvalue weighted by atomic mass is 10.1. The Hall–Kier alpha value is -2.76. The number of nitrogens with zero attached hydrogens (tertiary/aromatic N) is 5. The Balaban J connectivity index is 2.05. The minimum absolute atomic E-state index is 0.375. The van der Waals surface area contributed by atoms with Crippen LogP contribution in [-0.2, 0) is 13.6 Å². The van der Waals surface area contributed by atoms with Crippen LogP contribution in [0.4, 0.5) is 0 Å². The fraction of sp³-hybridized carbons (Fsp3) is 0.125. The molecule has 0 saturated carbocycles. The minimum Gasteiger partial charge on any atom is -0.438 e. The SMILES string of the molecule is Cn1nc(Br)cc1Oc1cc(C#N)ccc1-c1ncc(CN)cn1. The number of aromatic nitrogens is 4. The van der Waals surface area contributed by atoms with Gasteiger partial charge in [-0.05, 0) is 34.1 Å². The van der Waals surface area contributed by atoms with Gasteiger partial charge in [-0.2, -0.15) is 10.4 Å². The first-order chi connectivity index (χ1) is 11.6. The molecule has 0 spiro atoms. The summed E-state index contributed by atoms with van der Waals surface area (Å²) < 4.78 is 8.17. The monoisotopic (exact) mass is 384 g/mol. The van der Waals surface area contributed by atoms with Crippen molar-refractivity contribution in [2.75, 3.05) is 0 Å². The van der Waals surface area contributed by atoms with E-state index in [0.29, 0.717) is 39.7 Å². The van der Waals surface area contributed by atoms with Crippen molar-refractivity contribution in [3.8, 4) is 29.1 Å². The zero-order valence-corrected chi connectivity index (χ0v) is 14.4. The van der Waals surface area contributed by atoms with Gasteiger partial charge in [-0.25, -0.2) is 14.6 Å². The van der Waals surface area contributed by atoms with Gasteiger partial charge in [-0.3, -0.25) is 0 Å². The average Bonchev–Trinajstić information content (AvgIpc) is 2.92.